The lowest BCUT2D eigenvalue weighted by atomic mass is 10.2. The van der Waals surface area contributed by atoms with Crippen molar-refractivity contribution < 1.29 is 22.7 Å². The number of esters is 1. The van der Waals surface area contributed by atoms with Gasteiger partial charge in [-0.15, -0.1) is 0 Å². The summed E-state index contributed by atoms with van der Waals surface area (Å²) in [6.07, 6.45) is -3.14. The van der Waals surface area contributed by atoms with Gasteiger partial charge in [0, 0.05) is 0 Å². The molecule has 0 bridgehead atoms. The molecule has 0 N–H and O–H groups in total. The van der Waals surface area contributed by atoms with Crippen LogP contribution in [0.15, 0.2) is 30.5 Å². The number of alkyl halides is 3. The van der Waals surface area contributed by atoms with Crippen LogP contribution < -0.4 is 0 Å². The third kappa shape index (κ3) is 3.07. The first-order valence-corrected chi connectivity index (χ1v) is 6.24. The van der Waals surface area contributed by atoms with Crippen molar-refractivity contribution in [3.8, 4) is 5.69 Å². The van der Waals surface area contributed by atoms with Crippen LogP contribution in [-0.4, -0.2) is 22.4 Å². The minimum atomic E-state index is -4.43. The molecule has 0 saturated heterocycles. The minimum Gasteiger partial charge on any atom is -0.462 e. The number of nitrogens with zero attached hydrogens (tertiary/aromatic N) is 2. The van der Waals surface area contributed by atoms with E-state index in [0.29, 0.717) is 5.69 Å². The Morgan fingerprint density at radius 1 is 1.38 bits per heavy atom. The molecule has 1 aromatic carbocycles. The van der Waals surface area contributed by atoms with Crippen molar-refractivity contribution in [1.82, 2.24) is 9.78 Å². The maximum atomic E-state index is 12.7. The van der Waals surface area contributed by atoms with Crippen LogP contribution in [-0.2, 0) is 10.9 Å². The van der Waals surface area contributed by atoms with Gasteiger partial charge in [-0.3, -0.25) is 0 Å². The lowest BCUT2D eigenvalue weighted by Crippen LogP contribution is -2.08. The number of halogens is 3. The Balaban J connectivity index is 2.42. The fourth-order valence-electron chi connectivity index (χ4n) is 1.89. The van der Waals surface area contributed by atoms with Crippen LogP contribution in [0.1, 0.15) is 28.5 Å². The molecule has 0 atom stereocenters. The largest absolute Gasteiger partial charge is 0.462 e. The maximum absolute atomic E-state index is 12.7. The second kappa shape index (κ2) is 5.59. The fraction of sp³-hybridized carbons (Fsp3) is 0.286. The van der Waals surface area contributed by atoms with Gasteiger partial charge < -0.3 is 4.74 Å². The van der Waals surface area contributed by atoms with E-state index in [1.54, 1.807) is 13.8 Å². The van der Waals surface area contributed by atoms with E-state index in [4.69, 9.17) is 4.74 Å². The summed E-state index contributed by atoms with van der Waals surface area (Å²) in [5.41, 5.74) is 0.118. The lowest BCUT2D eigenvalue weighted by Gasteiger charge is -2.10. The Labute approximate surface area is 119 Å². The van der Waals surface area contributed by atoms with Crippen molar-refractivity contribution in [3.63, 3.8) is 0 Å². The predicted octanol–water partition coefficient (Wildman–Crippen LogP) is 3.38. The van der Waals surface area contributed by atoms with Crippen LogP contribution in [0.25, 0.3) is 5.69 Å². The summed E-state index contributed by atoms with van der Waals surface area (Å²) < 4.78 is 44.3. The smallest absolute Gasteiger partial charge is 0.416 e. The highest BCUT2D eigenvalue weighted by Gasteiger charge is 2.30. The molecule has 0 spiro atoms. The van der Waals surface area contributed by atoms with Crippen LogP contribution in [0.5, 0.6) is 0 Å². The molecule has 0 unspecified atom stereocenters. The topological polar surface area (TPSA) is 44.1 Å². The predicted molar refractivity (Wildman–Crippen MR) is 69.3 cm³/mol. The average molecular weight is 298 g/mol. The van der Waals surface area contributed by atoms with Gasteiger partial charge in [-0.05, 0) is 32.0 Å². The normalized spacial score (nSPS) is 11.5. The van der Waals surface area contributed by atoms with Gasteiger partial charge in [0.15, 0.2) is 0 Å². The molecular weight excluding hydrogens is 285 g/mol. The van der Waals surface area contributed by atoms with Crippen molar-refractivity contribution in [2.45, 2.75) is 20.0 Å². The molecule has 112 valence electrons. The number of hydrogen-bond acceptors (Lipinski definition) is 3. The summed E-state index contributed by atoms with van der Waals surface area (Å²) in [6, 6.07) is 4.75. The van der Waals surface area contributed by atoms with E-state index in [1.807, 2.05) is 0 Å². The Bertz CT molecular complexity index is 662. The third-order valence-electron chi connectivity index (χ3n) is 2.92. The molecule has 0 aliphatic carbocycles. The second-order valence-corrected chi connectivity index (χ2v) is 4.32. The summed E-state index contributed by atoms with van der Waals surface area (Å²) >= 11 is 0. The van der Waals surface area contributed by atoms with Crippen molar-refractivity contribution in [3.05, 3.63) is 47.3 Å². The molecule has 0 amide bonds. The zero-order valence-corrected chi connectivity index (χ0v) is 11.4. The van der Waals surface area contributed by atoms with E-state index in [2.05, 4.69) is 5.10 Å². The Kier molecular flexibility index (Phi) is 4.02. The van der Waals surface area contributed by atoms with E-state index in [-0.39, 0.29) is 17.9 Å². The number of rotatable bonds is 3. The number of benzene rings is 1. The van der Waals surface area contributed by atoms with Crippen LogP contribution in [0.2, 0.25) is 0 Å². The summed E-state index contributed by atoms with van der Waals surface area (Å²) in [6.45, 7) is 3.48. The zero-order chi connectivity index (χ0) is 15.6. The molecule has 0 fully saturated rings. The van der Waals surface area contributed by atoms with Crippen LogP contribution in [0.3, 0.4) is 0 Å². The molecule has 4 nitrogen and oxygen atoms in total. The number of carbonyl (C=O) groups excluding carboxylic acids is 1. The quantitative estimate of drug-likeness (QED) is 0.816. The van der Waals surface area contributed by atoms with Crippen molar-refractivity contribution in [2.75, 3.05) is 6.61 Å². The van der Waals surface area contributed by atoms with E-state index in [9.17, 15) is 18.0 Å². The number of ether oxygens (including phenoxy) is 1. The highest BCUT2D eigenvalue weighted by Crippen LogP contribution is 2.30. The van der Waals surface area contributed by atoms with Gasteiger partial charge >= 0.3 is 12.1 Å². The monoisotopic (exact) mass is 298 g/mol. The molecule has 1 heterocycles. The zero-order valence-electron chi connectivity index (χ0n) is 11.4. The summed E-state index contributed by atoms with van der Waals surface area (Å²) in [5, 5.41) is 3.96. The SMILES string of the molecule is CCOC(=O)c1cnn(-c2cccc(C(F)(F)F)c2)c1C. The number of hydrogen-bond donors (Lipinski definition) is 0. The average Bonchev–Trinajstić information content (AvgIpc) is 2.80. The van der Waals surface area contributed by atoms with Gasteiger partial charge in [0.2, 0.25) is 0 Å². The first kappa shape index (κ1) is 15.1. The van der Waals surface area contributed by atoms with Crippen molar-refractivity contribution >= 4 is 5.97 Å². The second-order valence-electron chi connectivity index (χ2n) is 4.32. The van der Waals surface area contributed by atoms with Gasteiger partial charge in [-0.2, -0.15) is 18.3 Å². The first-order chi connectivity index (χ1) is 9.84. The first-order valence-electron chi connectivity index (χ1n) is 6.24. The summed E-state index contributed by atoms with van der Waals surface area (Å²) in [4.78, 5) is 11.7. The molecule has 0 aliphatic rings. The molecule has 21 heavy (non-hydrogen) atoms. The highest BCUT2D eigenvalue weighted by molar-refractivity contribution is 5.90. The molecule has 0 aliphatic heterocycles. The van der Waals surface area contributed by atoms with Gasteiger partial charge in [-0.25, -0.2) is 9.48 Å². The van der Waals surface area contributed by atoms with Crippen molar-refractivity contribution in [2.24, 2.45) is 0 Å². The van der Waals surface area contributed by atoms with E-state index in [1.165, 1.54) is 23.0 Å². The molecule has 2 rings (SSSR count). The molecule has 2 aromatic rings. The van der Waals surface area contributed by atoms with E-state index in [0.717, 1.165) is 12.1 Å². The Hall–Kier alpha value is -2.31. The molecule has 7 heteroatoms. The minimum absolute atomic E-state index is 0.215. The lowest BCUT2D eigenvalue weighted by molar-refractivity contribution is -0.137. The van der Waals surface area contributed by atoms with E-state index < -0.39 is 17.7 Å². The Morgan fingerprint density at radius 2 is 2.10 bits per heavy atom. The van der Waals surface area contributed by atoms with Gasteiger partial charge in [-0.1, -0.05) is 6.07 Å². The molecule has 0 radical (unpaired) electrons. The summed E-state index contributed by atoms with van der Waals surface area (Å²) in [7, 11) is 0. The van der Waals surface area contributed by atoms with Gasteiger partial charge in [0.05, 0.1) is 29.7 Å². The number of aromatic nitrogens is 2. The summed E-state index contributed by atoms with van der Waals surface area (Å²) in [5.74, 6) is -0.548. The third-order valence-corrected chi connectivity index (χ3v) is 2.92. The molecule has 1 aromatic heterocycles. The van der Waals surface area contributed by atoms with Gasteiger partial charge in [0.1, 0.15) is 5.56 Å². The Morgan fingerprint density at radius 3 is 2.71 bits per heavy atom. The van der Waals surface area contributed by atoms with Crippen LogP contribution >= 0.6 is 0 Å². The van der Waals surface area contributed by atoms with Crippen molar-refractivity contribution in [1.29, 1.82) is 0 Å². The standard InChI is InChI=1S/C14H13F3N2O2/c1-3-21-13(20)12-8-18-19(9(12)2)11-6-4-5-10(7-11)14(15,16)17/h4-8H,3H2,1-2H3. The van der Waals surface area contributed by atoms with Gasteiger partial charge in [0.25, 0.3) is 0 Å². The fourth-order valence-corrected chi connectivity index (χ4v) is 1.89. The molecule has 0 saturated carbocycles. The maximum Gasteiger partial charge on any atom is 0.416 e. The highest BCUT2D eigenvalue weighted by atomic mass is 19.4. The van der Waals surface area contributed by atoms with E-state index >= 15 is 0 Å². The molecular formula is C14H13F3N2O2. The number of carbonyl (C=O) groups is 1. The van der Waals surface area contributed by atoms with Crippen LogP contribution in [0.4, 0.5) is 13.2 Å². The van der Waals surface area contributed by atoms with Crippen LogP contribution in [0, 0.1) is 6.92 Å².